The van der Waals surface area contributed by atoms with Gasteiger partial charge in [0.2, 0.25) is 5.91 Å². The Hall–Kier alpha value is -2.60. The molecule has 0 aliphatic carbocycles. The van der Waals surface area contributed by atoms with Crippen LogP contribution in [-0.2, 0) is 0 Å². The molecular formula is C15H10FNO. The Bertz CT molecular complexity index is 639. The molecule has 0 fully saturated rings. The quantitative estimate of drug-likeness (QED) is 0.762. The van der Waals surface area contributed by atoms with Gasteiger partial charge in [-0.2, -0.15) is 0 Å². The molecule has 3 heteroatoms. The van der Waals surface area contributed by atoms with Crippen LogP contribution in [0.2, 0.25) is 0 Å². The summed E-state index contributed by atoms with van der Waals surface area (Å²) >= 11 is 0. The molecule has 0 aliphatic rings. The van der Waals surface area contributed by atoms with Crippen molar-refractivity contribution in [3.05, 3.63) is 71.0 Å². The minimum atomic E-state index is -0.688. The zero-order chi connectivity index (χ0) is 13.0. The average Bonchev–Trinajstić information content (AvgIpc) is 2.38. The average molecular weight is 239 g/mol. The fourth-order valence-corrected chi connectivity index (χ4v) is 1.49. The van der Waals surface area contributed by atoms with E-state index in [2.05, 4.69) is 11.8 Å². The lowest BCUT2D eigenvalue weighted by molar-refractivity contribution is 0.0999. The Morgan fingerprint density at radius 3 is 2.44 bits per heavy atom. The Morgan fingerprint density at radius 1 is 1.06 bits per heavy atom. The Balaban J connectivity index is 2.41. The maximum atomic E-state index is 13.0. The van der Waals surface area contributed by atoms with Gasteiger partial charge in [-0.1, -0.05) is 30.0 Å². The van der Waals surface area contributed by atoms with E-state index in [1.165, 1.54) is 12.1 Å². The van der Waals surface area contributed by atoms with Crippen molar-refractivity contribution in [1.29, 1.82) is 0 Å². The van der Waals surface area contributed by atoms with Crippen molar-refractivity contribution < 1.29 is 9.18 Å². The van der Waals surface area contributed by atoms with E-state index in [1.54, 1.807) is 0 Å². The molecule has 0 aliphatic heterocycles. The summed E-state index contributed by atoms with van der Waals surface area (Å²) in [5.41, 5.74) is 6.52. The van der Waals surface area contributed by atoms with Crippen molar-refractivity contribution >= 4 is 5.91 Å². The number of halogens is 1. The fraction of sp³-hybridized carbons (Fsp3) is 0. The maximum absolute atomic E-state index is 13.0. The smallest absolute Gasteiger partial charge is 0.250 e. The standard InChI is InChI=1S/C15H10FNO/c16-13-9-8-12(14(10-13)15(17)18)7-6-11-4-2-1-3-5-11/h1-5,8-10H,(H2,17,18). The van der Waals surface area contributed by atoms with Crippen LogP contribution in [0.1, 0.15) is 21.5 Å². The first-order valence-electron chi connectivity index (χ1n) is 5.33. The highest BCUT2D eigenvalue weighted by Gasteiger charge is 2.07. The molecule has 2 rings (SSSR count). The third-order valence-corrected chi connectivity index (χ3v) is 2.36. The first-order valence-corrected chi connectivity index (χ1v) is 5.33. The molecule has 2 aromatic carbocycles. The zero-order valence-electron chi connectivity index (χ0n) is 9.48. The number of nitrogens with two attached hydrogens (primary N) is 1. The van der Waals surface area contributed by atoms with E-state index >= 15 is 0 Å². The molecule has 2 nitrogen and oxygen atoms in total. The molecule has 0 radical (unpaired) electrons. The van der Waals surface area contributed by atoms with Crippen molar-refractivity contribution in [2.24, 2.45) is 5.73 Å². The lowest BCUT2D eigenvalue weighted by atomic mass is 10.1. The normalized spacial score (nSPS) is 9.39. The van der Waals surface area contributed by atoms with Crippen LogP contribution in [0.5, 0.6) is 0 Å². The largest absolute Gasteiger partial charge is 0.366 e. The lowest BCUT2D eigenvalue weighted by Crippen LogP contribution is -2.13. The van der Waals surface area contributed by atoms with Gasteiger partial charge >= 0.3 is 0 Å². The van der Waals surface area contributed by atoms with Gasteiger partial charge in [0.15, 0.2) is 0 Å². The summed E-state index contributed by atoms with van der Waals surface area (Å²) in [6.07, 6.45) is 0. The van der Waals surface area contributed by atoms with Crippen LogP contribution in [-0.4, -0.2) is 5.91 Å². The summed E-state index contributed by atoms with van der Waals surface area (Å²) in [5.74, 6) is 4.52. The van der Waals surface area contributed by atoms with Crippen LogP contribution in [0.4, 0.5) is 4.39 Å². The first kappa shape index (κ1) is 11.9. The molecule has 0 atom stereocenters. The van der Waals surface area contributed by atoms with Gasteiger partial charge in [-0.05, 0) is 30.3 Å². The second kappa shape index (κ2) is 5.15. The number of primary amides is 1. The summed E-state index contributed by atoms with van der Waals surface area (Å²) < 4.78 is 13.0. The van der Waals surface area contributed by atoms with Crippen LogP contribution in [0.3, 0.4) is 0 Å². The highest BCUT2D eigenvalue weighted by Crippen LogP contribution is 2.10. The van der Waals surface area contributed by atoms with Crippen molar-refractivity contribution in [2.75, 3.05) is 0 Å². The van der Waals surface area contributed by atoms with Gasteiger partial charge in [-0.25, -0.2) is 4.39 Å². The number of hydrogen-bond acceptors (Lipinski definition) is 1. The van der Waals surface area contributed by atoms with Crippen LogP contribution >= 0.6 is 0 Å². The minimum absolute atomic E-state index is 0.0958. The minimum Gasteiger partial charge on any atom is -0.366 e. The van der Waals surface area contributed by atoms with E-state index < -0.39 is 11.7 Å². The van der Waals surface area contributed by atoms with Gasteiger partial charge in [0, 0.05) is 11.1 Å². The molecule has 0 aromatic heterocycles. The number of rotatable bonds is 1. The summed E-state index contributed by atoms with van der Waals surface area (Å²) in [6.45, 7) is 0. The van der Waals surface area contributed by atoms with E-state index in [-0.39, 0.29) is 5.56 Å². The summed E-state index contributed by atoms with van der Waals surface area (Å²) in [4.78, 5) is 11.2. The van der Waals surface area contributed by atoms with Gasteiger partial charge in [-0.3, -0.25) is 4.79 Å². The Morgan fingerprint density at radius 2 is 1.78 bits per heavy atom. The predicted molar refractivity (Wildman–Crippen MR) is 67.3 cm³/mol. The van der Waals surface area contributed by atoms with E-state index in [9.17, 15) is 9.18 Å². The zero-order valence-corrected chi connectivity index (χ0v) is 9.48. The van der Waals surface area contributed by atoms with Crippen LogP contribution in [0.25, 0.3) is 0 Å². The summed E-state index contributed by atoms with van der Waals surface area (Å²) in [6, 6.07) is 13.1. The van der Waals surface area contributed by atoms with Crippen molar-refractivity contribution in [1.82, 2.24) is 0 Å². The third-order valence-electron chi connectivity index (χ3n) is 2.36. The van der Waals surface area contributed by atoms with E-state index in [0.29, 0.717) is 5.56 Å². The van der Waals surface area contributed by atoms with Gasteiger partial charge in [0.05, 0.1) is 5.56 Å². The van der Waals surface area contributed by atoms with Gasteiger partial charge in [0.1, 0.15) is 5.82 Å². The van der Waals surface area contributed by atoms with E-state index in [0.717, 1.165) is 11.6 Å². The highest BCUT2D eigenvalue weighted by molar-refractivity contribution is 5.95. The molecular weight excluding hydrogens is 229 g/mol. The second-order valence-electron chi connectivity index (χ2n) is 3.67. The predicted octanol–water partition coefficient (Wildman–Crippen LogP) is 2.32. The molecule has 2 aromatic rings. The molecule has 0 bridgehead atoms. The van der Waals surface area contributed by atoms with Crippen LogP contribution in [0.15, 0.2) is 48.5 Å². The molecule has 0 saturated heterocycles. The van der Waals surface area contributed by atoms with Crippen molar-refractivity contribution in [3.8, 4) is 11.8 Å². The van der Waals surface area contributed by atoms with Gasteiger partial charge < -0.3 is 5.73 Å². The van der Waals surface area contributed by atoms with Crippen molar-refractivity contribution in [3.63, 3.8) is 0 Å². The lowest BCUT2D eigenvalue weighted by Gasteiger charge is -1.99. The fourth-order valence-electron chi connectivity index (χ4n) is 1.49. The van der Waals surface area contributed by atoms with Gasteiger partial charge in [-0.15, -0.1) is 0 Å². The molecule has 0 heterocycles. The van der Waals surface area contributed by atoms with Crippen molar-refractivity contribution in [2.45, 2.75) is 0 Å². The number of carbonyl (C=O) groups is 1. The summed E-state index contributed by atoms with van der Waals surface area (Å²) in [7, 11) is 0. The monoisotopic (exact) mass is 239 g/mol. The molecule has 88 valence electrons. The topological polar surface area (TPSA) is 43.1 Å². The first-order chi connectivity index (χ1) is 8.66. The molecule has 2 N–H and O–H groups in total. The van der Waals surface area contributed by atoms with E-state index in [1.807, 2.05) is 30.3 Å². The maximum Gasteiger partial charge on any atom is 0.250 e. The van der Waals surface area contributed by atoms with Crippen LogP contribution in [0, 0.1) is 17.7 Å². The van der Waals surface area contributed by atoms with Crippen LogP contribution < -0.4 is 5.73 Å². The number of hydrogen-bond donors (Lipinski definition) is 1. The Labute approximate surface area is 104 Å². The summed E-state index contributed by atoms with van der Waals surface area (Å²) in [5, 5.41) is 0. The molecule has 18 heavy (non-hydrogen) atoms. The second-order valence-corrected chi connectivity index (χ2v) is 3.67. The number of amides is 1. The number of carbonyl (C=O) groups excluding carboxylic acids is 1. The molecule has 1 amide bonds. The van der Waals surface area contributed by atoms with Gasteiger partial charge in [0.25, 0.3) is 0 Å². The SMILES string of the molecule is NC(=O)c1cc(F)ccc1C#Cc1ccccc1. The highest BCUT2D eigenvalue weighted by atomic mass is 19.1. The molecule has 0 spiro atoms. The van der Waals surface area contributed by atoms with E-state index in [4.69, 9.17) is 5.73 Å². The molecule has 0 saturated carbocycles. The third kappa shape index (κ3) is 2.74. The number of benzene rings is 2. The molecule has 0 unspecified atom stereocenters. The Kier molecular flexibility index (Phi) is 3.40.